The summed E-state index contributed by atoms with van der Waals surface area (Å²) in [5.41, 5.74) is 7.03. The van der Waals surface area contributed by atoms with Crippen molar-refractivity contribution in [2.45, 2.75) is 45.6 Å². The van der Waals surface area contributed by atoms with Crippen molar-refractivity contribution < 1.29 is 0 Å². The molecule has 16 heavy (non-hydrogen) atoms. The zero-order chi connectivity index (χ0) is 11.6. The Hall–Kier alpha value is -1.25. The van der Waals surface area contributed by atoms with Crippen LogP contribution in [0.5, 0.6) is 0 Å². The molecular weight excluding hydrogens is 198 g/mol. The number of rotatable bonds is 2. The fraction of sp³-hybridized carbons (Fsp3) is 0.615. The highest BCUT2D eigenvalue weighted by Gasteiger charge is 2.31. The first kappa shape index (κ1) is 11.2. The van der Waals surface area contributed by atoms with Gasteiger partial charge in [-0.05, 0) is 30.4 Å². The van der Waals surface area contributed by atoms with Gasteiger partial charge in [-0.2, -0.15) is 0 Å². The van der Waals surface area contributed by atoms with E-state index in [1.165, 1.54) is 25.7 Å². The molecule has 88 valence electrons. The van der Waals surface area contributed by atoms with Gasteiger partial charge in [-0.25, -0.2) is 4.98 Å². The monoisotopic (exact) mass is 219 g/mol. The van der Waals surface area contributed by atoms with Crippen LogP contribution >= 0.6 is 0 Å². The summed E-state index contributed by atoms with van der Waals surface area (Å²) in [4.78, 5) is 4.11. The molecule has 0 aromatic carbocycles. The Morgan fingerprint density at radius 2 is 2.19 bits per heavy atom. The van der Waals surface area contributed by atoms with Gasteiger partial charge in [0.05, 0.1) is 11.9 Å². The first-order valence-electron chi connectivity index (χ1n) is 6.06. The Bertz CT molecular complexity index is 343. The van der Waals surface area contributed by atoms with E-state index in [2.05, 4.69) is 24.1 Å². The molecule has 2 rings (SSSR count). The van der Waals surface area contributed by atoms with E-state index in [0.717, 1.165) is 5.69 Å². The highest BCUT2D eigenvalue weighted by Crippen LogP contribution is 2.37. The average molecular weight is 219 g/mol. The number of nitrogen functional groups attached to an aromatic ring is 1. The van der Waals surface area contributed by atoms with E-state index < -0.39 is 0 Å². The Morgan fingerprint density at radius 1 is 1.38 bits per heavy atom. The minimum absolute atomic E-state index is 0.375. The van der Waals surface area contributed by atoms with E-state index >= 15 is 0 Å². The molecule has 3 N–H and O–H groups in total. The summed E-state index contributed by atoms with van der Waals surface area (Å²) in [6.45, 7) is 4.68. The number of nitrogens with one attached hydrogen (secondary N) is 1. The smallest absolute Gasteiger partial charge is 0.123 e. The molecule has 1 atom stereocenters. The van der Waals surface area contributed by atoms with Crippen LogP contribution < -0.4 is 11.1 Å². The summed E-state index contributed by atoms with van der Waals surface area (Å²) in [6.07, 6.45) is 7.04. The second kappa shape index (κ2) is 4.32. The second-order valence-electron chi connectivity index (χ2n) is 5.40. The molecule has 0 bridgehead atoms. The molecule has 0 aliphatic heterocycles. The highest BCUT2D eigenvalue weighted by atomic mass is 15.0. The quantitative estimate of drug-likeness (QED) is 0.803. The minimum Gasteiger partial charge on any atom is -0.384 e. The van der Waals surface area contributed by atoms with Crippen molar-refractivity contribution in [1.29, 1.82) is 0 Å². The Morgan fingerprint density at radius 3 is 2.81 bits per heavy atom. The number of anilines is 2. The molecule has 1 heterocycles. The van der Waals surface area contributed by atoms with Gasteiger partial charge in [0.25, 0.3) is 0 Å². The molecule has 1 aromatic rings. The molecule has 1 unspecified atom stereocenters. The van der Waals surface area contributed by atoms with Crippen molar-refractivity contribution in [3.05, 3.63) is 18.3 Å². The van der Waals surface area contributed by atoms with Gasteiger partial charge >= 0.3 is 0 Å². The van der Waals surface area contributed by atoms with E-state index in [4.69, 9.17) is 5.73 Å². The van der Waals surface area contributed by atoms with Crippen molar-refractivity contribution in [1.82, 2.24) is 4.98 Å². The first-order chi connectivity index (χ1) is 7.58. The lowest BCUT2D eigenvalue weighted by Gasteiger charge is -2.39. The third kappa shape index (κ3) is 2.46. The van der Waals surface area contributed by atoms with Crippen LogP contribution in [-0.4, -0.2) is 11.0 Å². The van der Waals surface area contributed by atoms with E-state index in [9.17, 15) is 0 Å². The number of hydrogen-bond acceptors (Lipinski definition) is 3. The van der Waals surface area contributed by atoms with Crippen LogP contribution in [-0.2, 0) is 0 Å². The van der Waals surface area contributed by atoms with Crippen molar-refractivity contribution >= 4 is 11.5 Å². The molecule has 0 amide bonds. The Balaban J connectivity index is 2.05. The number of hydrogen-bond donors (Lipinski definition) is 2. The van der Waals surface area contributed by atoms with Gasteiger partial charge in [-0.3, -0.25) is 0 Å². The zero-order valence-electron chi connectivity index (χ0n) is 10.2. The lowest BCUT2D eigenvalue weighted by atomic mass is 9.73. The fourth-order valence-corrected chi connectivity index (χ4v) is 2.45. The number of pyridine rings is 1. The lowest BCUT2D eigenvalue weighted by Crippen LogP contribution is -2.38. The summed E-state index contributed by atoms with van der Waals surface area (Å²) in [6, 6.07) is 4.40. The Labute approximate surface area is 97.5 Å². The Kier molecular flexibility index (Phi) is 3.03. The predicted octanol–water partition coefficient (Wildman–Crippen LogP) is 3.04. The molecule has 1 saturated carbocycles. The SMILES string of the molecule is CC1(C)CCCCC1Nc1ccc(N)nc1. The summed E-state index contributed by atoms with van der Waals surface area (Å²) in [5.74, 6) is 0.577. The standard InChI is InChI=1S/C13H21N3/c1-13(2)8-4-3-5-11(13)16-10-6-7-12(14)15-9-10/h6-7,9,11,16H,3-5,8H2,1-2H3,(H2,14,15). The van der Waals surface area contributed by atoms with E-state index in [0.29, 0.717) is 17.3 Å². The molecule has 3 nitrogen and oxygen atoms in total. The van der Waals surface area contributed by atoms with Gasteiger partial charge in [0.2, 0.25) is 0 Å². The molecular formula is C13H21N3. The minimum atomic E-state index is 0.375. The van der Waals surface area contributed by atoms with Crippen molar-refractivity contribution in [2.24, 2.45) is 5.41 Å². The average Bonchev–Trinajstić information content (AvgIpc) is 2.24. The first-order valence-corrected chi connectivity index (χ1v) is 6.06. The van der Waals surface area contributed by atoms with Crippen LogP contribution in [0, 0.1) is 5.41 Å². The highest BCUT2D eigenvalue weighted by molar-refractivity contribution is 5.46. The second-order valence-corrected chi connectivity index (χ2v) is 5.40. The van der Waals surface area contributed by atoms with Gasteiger partial charge in [0, 0.05) is 6.04 Å². The third-order valence-electron chi connectivity index (χ3n) is 3.63. The number of nitrogens with zero attached hydrogens (tertiary/aromatic N) is 1. The molecule has 1 fully saturated rings. The van der Waals surface area contributed by atoms with Gasteiger partial charge in [0.1, 0.15) is 5.82 Å². The largest absolute Gasteiger partial charge is 0.384 e. The summed E-state index contributed by atoms with van der Waals surface area (Å²) < 4.78 is 0. The van der Waals surface area contributed by atoms with Gasteiger partial charge in [-0.15, -0.1) is 0 Å². The molecule has 1 aliphatic rings. The van der Waals surface area contributed by atoms with E-state index in [1.807, 2.05) is 18.3 Å². The molecule has 1 aromatic heterocycles. The topological polar surface area (TPSA) is 50.9 Å². The van der Waals surface area contributed by atoms with Crippen LogP contribution in [0.1, 0.15) is 39.5 Å². The number of aromatic nitrogens is 1. The number of nitrogens with two attached hydrogens (primary N) is 1. The molecule has 0 saturated heterocycles. The summed E-state index contributed by atoms with van der Waals surface area (Å²) in [5, 5.41) is 3.58. The van der Waals surface area contributed by atoms with Gasteiger partial charge < -0.3 is 11.1 Å². The van der Waals surface area contributed by atoms with Crippen LogP contribution in [0.25, 0.3) is 0 Å². The fourth-order valence-electron chi connectivity index (χ4n) is 2.45. The maximum atomic E-state index is 5.57. The van der Waals surface area contributed by atoms with Crippen LogP contribution in [0.2, 0.25) is 0 Å². The van der Waals surface area contributed by atoms with E-state index in [1.54, 1.807) is 0 Å². The summed E-state index contributed by atoms with van der Waals surface area (Å²) >= 11 is 0. The van der Waals surface area contributed by atoms with Crippen LogP contribution in [0.15, 0.2) is 18.3 Å². The van der Waals surface area contributed by atoms with Gasteiger partial charge in [-0.1, -0.05) is 26.7 Å². The molecule has 3 heteroatoms. The maximum absolute atomic E-state index is 5.57. The van der Waals surface area contributed by atoms with E-state index in [-0.39, 0.29) is 0 Å². The van der Waals surface area contributed by atoms with Gasteiger partial charge in [0.15, 0.2) is 0 Å². The predicted molar refractivity (Wildman–Crippen MR) is 68.3 cm³/mol. The van der Waals surface area contributed by atoms with Crippen LogP contribution in [0.3, 0.4) is 0 Å². The normalized spacial score (nSPS) is 24.0. The van der Waals surface area contributed by atoms with Crippen molar-refractivity contribution in [2.75, 3.05) is 11.1 Å². The van der Waals surface area contributed by atoms with Crippen LogP contribution in [0.4, 0.5) is 11.5 Å². The van der Waals surface area contributed by atoms with Crippen molar-refractivity contribution in [3.8, 4) is 0 Å². The third-order valence-corrected chi connectivity index (χ3v) is 3.63. The van der Waals surface area contributed by atoms with Crippen molar-refractivity contribution in [3.63, 3.8) is 0 Å². The maximum Gasteiger partial charge on any atom is 0.123 e. The molecule has 0 spiro atoms. The molecule has 1 aliphatic carbocycles. The lowest BCUT2D eigenvalue weighted by molar-refractivity contribution is 0.217. The summed E-state index contributed by atoms with van der Waals surface area (Å²) in [7, 11) is 0. The zero-order valence-corrected chi connectivity index (χ0v) is 10.2. The molecule has 0 radical (unpaired) electrons.